The molecule has 1 radical (unpaired) electrons. The molecule has 0 unspecified atom stereocenters. The van der Waals surface area contributed by atoms with E-state index in [4.69, 9.17) is 0 Å². The van der Waals surface area contributed by atoms with Crippen molar-refractivity contribution in [3.8, 4) is 0 Å². The maximum Gasteiger partial charge on any atom is 0.242 e. The summed E-state index contributed by atoms with van der Waals surface area (Å²) < 4.78 is 0. The third-order valence-electron chi connectivity index (χ3n) is 3.80. The highest BCUT2D eigenvalue weighted by molar-refractivity contribution is 5.50. The summed E-state index contributed by atoms with van der Waals surface area (Å²) in [5.74, 6) is 0. The van der Waals surface area contributed by atoms with Crippen LogP contribution in [-0.4, -0.2) is 16.1 Å². The zero-order valence-corrected chi connectivity index (χ0v) is 16.0. The smallest absolute Gasteiger partial charge is 0.242 e. The van der Waals surface area contributed by atoms with Gasteiger partial charge in [-0.2, -0.15) is 0 Å². The number of nitro groups is 2. The fourth-order valence-electron chi connectivity index (χ4n) is 2.31. The van der Waals surface area contributed by atoms with E-state index in [1.54, 1.807) is 18.4 Å². The molecule has 0 saturated heterocycles. The number of rotatable bonds is 16. The first kappa shape index (κ1) is 24.4. The highest BCUT2D eigenvalue weighted by atomic mass is 16.6. The number of carbonyl (C=O) groups excluding carboxylic acids is 1. The standard InChI is InChI=1S/C20H29N2O5/c1-2-3-9-14-19(21(24)25)15-10-7-5-4-6-8-11-16-20(22(26)27)17-12-13-18-23/h5-8,15-16H,2-4,9-14,17H2,1H3/b7-5-,8-6-,19-15+,20-16+. The summed E-state index contributed by atoms with van der Waals surface area (Å²) in [5, 5.41) is 21.8. The lowest BCUT2D eigenvalue weighted by Gasteiger charge is -1.97. The van der Waals surface area contributed by atoms with Crippen LogP contribution in [0.15, 0.2) is 47.9 Å². The first-order chi connectivity index (χ1) is 13.0. The van der Waals surface area contributed by atoms with Crippen molar-refractivity contribution < 1.29 is 14.6 Å². The Morgan fingerprint density at radius 2 is 1.30 bits per heavy atom. The van der Waals surface area contributed by atoms with E-state index in [0.29, 0.717) is 32.1 Å². The molecule has 0 aliphatic rings. The molecule has 149 valence electrons. The molecule has 0 N–H and O–H groups in total. The number of hydrogen-bond acceptors (Lipinski definition) is 5. The van der Waals surface area contributed by atoms with Crippen molar-refractivity contribution in [2.45, 2.75) is 71.1 Å². The van der Waals surface area contributed by atoms with Gasteiger partial charge >= 0.3 is 0 Å². The molecule has 0 fully saturated rings. The van der Waals surface area contributed by atoms with Crippen LogP contribution in [0.2, 0.25) is 0 Å². The van der Waals surface area contributed by atoms with E-state index in [2.05, 4.69) is 6.92 Å². The Labute approximate surface area is 160 Å². The second-order valence-corrected chi connectivity index (χ2v) is 6.01. The van der Waals surface area contributed by atoms with Gasteiger partial charge in [0.15, 0.2) is 6.29 Å². The molecular formula is C20H29N2O5. The lowest BCUT2D eigenvalue weighted by Crippen LogP contribution is -1.98. The Balaban J connectivity index is 4.23. The van der Waals surface area contributed by atoms with E-state index >= 15 is 0 Å². The van der Waals surface area contributed by atoms with Crippen LogP contribution in [0.4, 0.5) is 0 Å². The number of hydrogen-bond donors (Lipinski definition) is 0. The fraction of sp³-hybridized carbons (Fsp3) is 0.550. The fourth-order valence-corrected chi connectivity index (χ4v) is 2.31. The van der Waals surface area contributed by atoms with Crippen LogP contribution in [0.5, 0.6) is 0 Å². The van der Waals surface area contributed by atoms with Crippen LogP contribution in [0, 0.1) is 20.2 Å². The molecule has 0 bridgehead atoms. The second-order valence-electron chi connectivity index (χ2n) is 6.01. The molecule has 0 aromatic rings. The zero-order chi connectivity index (χ0) is 20.3. The third kappa shape index (κ3) is 14.3. The molecule has 0 aliphatic carbocycles. The van der Waals surface area contributed by atoms with E-state index in [1.807, 2.05) is 24.3 Å². The summed E-state index contributed by atoms with van der Waals surface area (Å²) >= 11 is 0. The highest BCUT2D eigenvalue weighted by Gasteiger charge is 2.09. The maximum absolute atomic E-state index is 10.9. The average Bonchev–Trinajstić information content (AvgIpc) is 2.63. The van der Waals surface area contributed by atoms with Gasteiger partial charge in [-0.3, -0.25) is 25.0 Å². The molecule has 0 aliphatic heterocycles. The molecular weight excluding hydrogens is 348 g/mol. The molecule has 0 spiro atoms. The molecule has 27 heavy (non-hydrogen) atoms. The molecule has 0 amide bonds. The number of allylic oxidation sites excluding steroid dienone is 8. The van der Waals surface area contributed by atoms with Crippen LogP contribution in [0.1, 0.15) is 71.1 Å². The molecule has 7 nitrogen and oxygen atoms in total. The van der Waals surface area contributed by atoms with Gasteiger partial charge in [0.2, 0.25) is 11.4 Å². The second kappa shape index (κ2) is 16.9. The predicted molar refractivity (Wildman–Crippen MR) is 106 cm³/mol. The Morgan fingerprint density at radius 3 is 1.74 bits per heavy atom. The van der Waals surface area contributed by atoms with Crippen LogP contribution in [-0.2, 0) is 4.79 Å². The van der Waals surface area contributed by atoms with Crippen LogP contribution in [0.3, 0.4) is 0 Å². The van der Waals surface area contributed by atoms with E-state index < -0.39 is 4.92 Å². The molecule has 0 aromatic carbocycles. The van der Waals surface area contributed by atoms with Crippen molar-refractivity contribution in [1.82, 2.24) is 0 Å². The molecule has 0 atom stereocenters. The van der Waals surface area contributed by atoms with Gasteiger partial charge in [-0.05, 0) is 44.3 Å². The summed E-state index contributed by atoms with van der Waals surface area (Å²) in [6.07, 6.45) is 18.4. The van der Waals surface area contributed by atoms with Gasteiger partial charge in [0.1, 0.15) is 0 Å². The van der Waals surface area contributed by atoms with Gasteiger partial charge < -0.3 is 0 Å². The summed E-state index contributed by atoms with van der Waals surface area (Å²) in [5.41, 5.74) is 0.388. The predicted octanol–water partition coefficient (Wildman–Crippen LogP) is 5.45. The van der Waals surface area contributed by atoms with Gasteiger partial charge in [-0.1, -0.05) is 44.1 Å². The zero-order valence-electron chi connectivity index (χ0n) is 16.0. The van der Waals surface area contributed by atoms with Gasteiger partial charge in [-0.25, -0.2) is 0 Å². The first-order valence-electron chi connectivity index (χ1n) is 9.34. The van der Waals surface area contributed by atoms with E-state index in [9.17, 15) is 25.0 Å². The summed E-state index contributed by atoms with van der Waals surface area (Å²) in [4.78, 5) is 31.2. The summed E-state index contributed by atoms with van der Waals surface area (Å²) in [6, 6.07) is 0. The minimum atomic E-state index is -0.418. The van der Waals surface area contributed by atoms with Crippen LogP contribution in [0.25, 0.3) is 0 Å². The monoisotopic (exact) mass is 377 g/mol. The van der Waals surface area contributed by atoms with Crippen molar-refractivity contribution in [3.63, 3.8) is 0 Å². The van der Waals surface area contributed by atoms with E-state index in [-0.39, 0.29) is 29.2 Å². The first-order valence-corrected chi connectivity index (χ1v) is 9.34. The van der Waals surface area contributed by atoms with Gasteiger partial charge in [0.25, 0.3) is 0 Å². The quantitative estimate of drug-likeness (QED) is 0.154. The molecule has 7 heteroatoms. The Hall–Kier alpha value is -2.57. The lowest BCUT2D eigenvalue weighted by molar-refractivity contribution is -0.428. The van der Waals surface area contributed by atoms with Crippen molar-refractivity contribution in [1.29, 1.82) is 0 Å². The Bertz CT molecular complexity index is 577. The topological polar surface area (TPSA) is 103 Å². The molecule has 0 saturated carbocycles. The third-order valence-corrected chi connectivity index (χ3v) is 3.80. The average molecular weight is 377 g/mol. The van der Waals surface area contributed by atoms with Crippen molar-refractivity contribution in [3.05, 3.63) is 68.1 Å². The SMILES string of the molecule is CCCCC/C(=C\C/C=C\C/C=C\C/C=C(\CCC[C]=O)[N+](=O)[O-])[N+](=O)[O-]. The summed E-state index contributed by atoms with van der Waals surface area (Å²) in [7, 11) is 0. The van der Waals surface area contributed by atoms with Gasteiger partial charge in [0, 0.05) is 19.3 Å². The van der Waals surface area contributed by atoms with Crippen molar-refractivity contribution in [2.24, 2.45) is 0 Å². The minimum Gasteiger partial charge on any atom is -0.291 e. The maximum atomic E-state index is 10.9. The number of unbranched alkanes of at least 4 members (excludes halogenated alkanes) is 3. The van der Waals surface area contributed by atoms with Crippen molar-refractivity contribution in [2.75, 3.05) is 0 Å². The summed E-state index contributed by atoms with van der Waals surface area (Å²) in [6.45, 7) is 2.06. The molecule has 0 rings (SSSR count). The van der Waals surface area contributed by atoms with E-state index in [1.165, 1.54) is 0 Å². The van der Waals surface area contributed by atoms with Crippen LogP contribution < -0.4 is 0 Å². The van der Waals surface area contributed by atoms with Crippen molar-refractivity contribution >= 4 is 6.29 Å². The Kier molecular flexibility index (Phi) is 15.3. The lowest BCUT2D eigenvalue weighted by atomic mass is 10.1. The highest BCUT2D eigenvalue weighted by Crippen LogP contribution is 2.11. The minimum absolute atomic E-state index is 0.117. The number of nitrogens with zero attached hydrogens (tertiary/aromatic N) is 2. The Morgan fingerprint density at radius 1 is 0.815 bits per heavy atom. The van der Waals surface area contributed by atoms with Gasteiger partial charge in [-0.15, -0.1) is 0 Å². The van der Waals surface area contributed by atoms with E-state index in [0.717, 1.165) is 19.3 Å². The normalized spacial score (nSPS) is 12.8. The molecule has 0 aromatic heterocycles. The van der Waals surface area contributed by atoms with Crippen LogP contribution >= 0.6 is 0 Å². The largest absolute Gasteiger partial charge is 0.291 e. The van der Waals surface area contributed by atoms with Gasteiger partial charge in [0.05, 0.1) is 9.85 Å². The molecule has 0 heterocycles.